The quantitative estimate of drug-likeness (QED) is 0.858. The maximum Gasteiger partial charge on any atom is 0.129 e. The van der Waals surface area contributed by atoms with Crippen molar-refractivity contribution < 1.29 is 9.84 Å². The second-order valence-corrected chi connectivity index (χ2v) is 5.41. The second-order valence-electron chi connectivity index (χ2n) is 4.47. The Morgan fingerprint density at radius 3 is 2.95 bits per heavy atom. The highest BCUT2D eigenvalue weighted by molar-refractivity contribution is 7.00. The first-order valence-electron chi connectivity index (χ1n) is 6.02. The summed E-state index contributed by atoms with van der Waals surface area (Å²) in [5, 5.41) is 13.5. The van der Waals surface area contributed by atoms with Crippen LogP contribution < -0.4 is 5.32 Å². The van der Waals surface area contributed by atoms with E-state index in [4.69, 9.17) is 16.3 Å². The number of rotatable bonds is 6. The summed E-state index contributed by atoms with van der Waals surface area (Å²) in [4.78, 5) is 0. The lowest BCUT2D eigenvalue weighted by Gasteiger charge is -2.15. The highest BCUT2D eigenvalue weighted by Crippen LogP contribution is 2.29. The van der Waals surface area contributed by atoms with Gasteiger partial charge in [-0.05, 0) is 26.0 Å². The fraction of sp³-hybridized carbons (Fsp3) is 0.500. The molecule has 0 amide bonds. The lowest BCUT2D eigenvalue weighted by atomic mass is 10.2. The van der Waals surface area contributed by atoms with Gasteiger partial charge in [0.1, 0.15) is 11.0 Å². The van der Waals surface area contributed by atoms with Crippen molar-refractivity contribution in [2.45, 2.75) is 26.1 Å². The van der Waals surface area contributed by atoms with Gasteiger partial charge in [-0.2, -0.15) is 8.75 Å². The number of anilines is 1. The van der Waals surface area contributed by atoms with E-state index in [0.29, 0.717) is 17.3 Å². The molecule has 0 aliphatic heterocycles. The number of fused-ring (bicyclic) bond motifs is 1. The molecule has 7 heteroatoms. The largest absolute Gasteiger partial charge is 0.389 e. The Morgan fingerprint density at radius 2 is 2.21 bits per heavy atom. The van der Waals surface area contributed by atoms with Crippen LogP contribution in [0.4, 0.5) is 5.69 Å². The summed E-state index contributed by atoms with van der Waals surface area (Å²) >= 11 is 7.27. The number of halogens is 1. The number of hydrogen-bond donors (Lipinski definition) is 2. The van der Waals surface area contributed by atoms with E-state index in [0.717, 1.165) is 22.8 Å². The Balaban J connectivity index is 2.01. The Morgan fingerprint density at radius 1 is 1.42 bits per heavy atom. The summed E-state index contributed by atoms with van der Waals surface area (Å²) < 4.78 is 13.7. The first-order chi connectivity index (χ1) is 9.08. The monoisotopic (exact) mass is 301 g/mol. The van der Waals surface area contributed by atoms with Crippen molar-refractivity contribution in [3.63, 3.8) is 0 Å². The molecule has 1 aromatic carbocycles. The summed E-state index contributed by atoms with van der Waals surface area (Å²) in [6.07, 6.45) is -0.496. The first kappa shape index (κ1) is 14.5. The average molecular weight is 302 g/mol. The smallest absolute Gasteiger partial charge is 0.129 e. The highest BCUT2D eigenvalue weighted by Gasteiger charge is 2.12. The minimum absolute atomic E-state index is 0.101. The first-order valence-corrected chi connectivity index (χ1v) is 7.13. The Kier molecular flexibility index (Phi) is 4.93. The van der Waals surface area contributed by atoms with E-state index in [1.165, 1.54) is 0 Å². The minimum atomic E-state index is -0.597. The summed E-state index contributed by atoms with van der Waals surface area (Å²) in [6, 6.07) is 3.59. The maximum absolute atomic E-state index is 9.81. The number of benzene rings is 1. The minimum Gasteiger partial charge on any atom is -0.389 e. The molecular weight excluding hydrogens is 286 g/mol. The molecule has 1 heterocycles. The number of nitrogens with one attached hydrogen (secondary N) is 1. The molecule has 0 bridgehead atoms. The molecule has 1 unspecified atom stereocenters. The third-order valence-electron chi connectivity index (χ3n) is 2.51. The van der Waals surface area contributed by atoms with E-state index in [2.05, 4.69) is 14.1 Å². The third-order valence-corrected chi connectivity index (χ3v) is 3.37. The predicted molar refractivity (Wildman–Crippen MR) is 78.0 cm³/mol. The molecule has 1 aromatic heterocycles. The average Bonchev–Trinajstić information content (AvgIpc) is 2.83. The van der Waals surface area contributed by atoms with Crippen molar-refractivity contribution in [2.24, 2.45) is 0 Å². The SMILES string of the molecule is CC(C)OCC(O)CNc1c(Cl)ccc2nsnc12. The van der Waals surface area contributed by atoms with Crippen molar-refractivity contribution in [2.75, 3.05) is 18.5 Å². The summed E-state index contributed by atoms with van der Waals surface area (Å²) in [7, 11) is 0. The maximum atomic E-state index is 9.81. The van der Waals surface area contributed by atoms with E-state index in [1.54, 1.807) is 6.07 Å². The van der Waals surface area contributed by atoms with Crippen LogP contribution in [-0.2, 0) is 4.74 Å². The van der Waals surface area contributed by atoms with Crippen LogP contribution in [0, 0.1) is 0 Å². The van der Waals surface area contributed by atoms with E-state index in [1.807, 2.05) is 19.9 Å². The van der Waals surface area contributed by atoms with Crippen LogP contribution >= 0.6 is 23.3 Å². The zero-order valence-corrected chi connectivity index (χ0v) is 12.3. The standard InChI is InChI=1S/C12H16ClN3O2S/c1-7(2)18-6-8(17)5-14-11-9(13)3-4-10-12(11)16-19-15-10/h3-4,7-8,14,17H,5-6H2,1-2H3. The number of ether oxygens (including phenoxy) is 1. The fourth-order valence-electron chi connectivity index (χ4n) is 1.58. The number of hydrogen-bond acceptors (Lipinski definition) is 6. The Labute approximate surface area is 120 Å². The van der Waals surface area contributed by atoms with E-state index in [9.17, 15) is 5.11 Å². The van der Waals surface area contributed by atoms with Crippen molar-refractivity contribution in [3.8, 4) is 0 Å². The molecular formula is C12H16ClN3O2S. The van der Waals surface area contributed by atoms with E-state index in [-0.39, 0.29) is 12.7 Å². The molecule has 5 nitrogen and oxygen atoms in total. The van der Waals surface area contributed by atoms with Gasteiger partial charge < -0.3 is 15.2 Å². The highest BCUT2D eigenvalue weighted by atomic mass is 35.5. The molecule has 0 saturated carbocycles. The Bertz CT molecular complexity index is 547. The fourth-order valence-corrected chi connectivity index (χ4v) is 2.34. The molecule has 0 aliphatic rings. The Hall–Kier alpha value is -0.950. The molecule has 104 valence electrons. The summed E-state index contributed by atoms with van der Waals surface area (Å²) in [6.45, 7) is 4.49. The molecule has 19 heavy (non-hydrogen) atoms. The number of aliphatic hydroxyl groups is 1. The van der Waals surface area contributed by atoms with Gasteiger partial charge in [-0.15, -0.1) is 0 Å². The van der Waals surface area contributed by atoms with Crippen LogP contribution in [0.3, 0.4) is 0 Å². The van der Waals surface area contributed by atoms with Gasteiger partial charge in [-0.1, -0.05) is 11.6 Å². The summed E-state index contributed by atoms with van der Waals surface area (Å²) in [5.41, 5.74) is 2.23. The van der Waals surface area contributed by atoms with Gasteiger partial charge in [-0.25, -0.2) is 0 Å². The third kappa shape index (κ3) is 3.76. The molecule has 2 aromatic rings. The molecule has 0 aliphatic carbocycles. The van der Waals surface area contributed by atoms with Crippen LogP contribution in [0.15, 0.2) is 12.1 Å². The molecule has 0 spiro atoms. The van der Waals surface area contributed by atoms with E-state index < -0.39 is 6.10 Å². The predicted octanol–water partition coefficient (Wildman–Crippen LogP) is 2.54. The normalized spacial score (nSPS) is 13.1. The van der Waals surface area contributed by atoms with Crippen LogP contribution in [0.2, 0.25) is 5.02 Å². The van der Waals surface area contributed by atoms with Crippen LogP contribution in [-0.4, -0.2) is 39.2 Å². The van der Waals surface area contributed by atoms with Crippen molar-refractivity contribution in [1.82, 2.24) is 8.75 Å². The molecule has 2 N–H and O–H groups in total. The second kappa shape index (κ2) is 6.47. The summed E-state index contributed by atoms with van der Waals surface area (Å²) in [5.74, 6) is 0. The number of aliphatic hydroxyl groups excluding tert-OH is 1. The van der Waals surface area contributed by atoms with Gasteiger partial charge in [0.25, 0.3) is 0 Å². The van der Waals surface area contributed by atoms with Crippen molar-refractivity contribution >= 4 is 40.0 Å². The topological polar surface area (TPSA) is 67.3 Å². The molecule has 0 saturated heterocycles. The molecule has 1 atom stereocenters. The molecule has 0 fully saturated rings. The van der Waals surface area contributed by atoms with Gasteiger partial charge in [-0.3, -0.25) is 0 Å². The molecule has 0 radical (unpaired) electrons. The molecule has 2 rings (SSSR count). The van der Waals surface area contributed by atoms with E-state index >= 15 is 0 Å². The van der Waals surface area contributed by atoms with Gasteiger partial charge in [0, 0.05) is 6.54 Å². The zero-order chi connectivity index (χ0) is 13.8. The van der Waals surface area contributed by atoms with Gasteiger partial charge in [0.2, 0.25) is 0 Å². The van der Waals surface area contributed by atoms with Crippen molar-refractivity contribution in [3.05, 3.63) is 17.2 Å². The van der Waals surface area contributed by atoms with Crippen LogP contribution in [0.5, 0.6) is 0 Å². The van der Waals surface area contributed by atoms with Crippen LogP contribution in [0.1, 0.15) is 13.8 Å². The van der Waals surface area contributed by atoms with Gasteiger partial charge in [0.05, 0.1) is 41.3 Å². The number of nitrogens with zero attached hydrogens (tertiary/aromatic N) is 2. The number of aromatic nitrogens is 2. The lowest BCUT2D eigenvalue weighted by molar-refractivity contribution is 0.0112. The van der Waals surface area contributed by atoms with Crippen molar-refractivity contribution in [1.29, 1.82) is 0 Å². The van der Waals surface area contributed by atoms with Gasteiger partial charge >= 0.3 is 0 Å². The van der Waals surface area contributed by atoms with Gasteiger partial charge in [0.15, 0.2) is 0 Å². The zero-order valence-electron chi connectivity index (χ0n) is 10.8. The van der Waals surface area contributed by atoms with Crippen LogP contribution in [0.25, 0.3) is 11.0 Å². The lowest BCUT2D eigenvalue weighted by Crippen LogP contribution is -2.26.